The number of H-pyrrole nitrogens is 4. The zero-order valence-corrected chi connectivity index (χ0v) is 8.25. The molecule has 0 fully saturated rings. The molecule has 2 aromatic rings. The molecule has 0 bridgehead atoms. The number of carbonyl (C=O) groups is 1. The molecule has 14 heavy (non-hydrogen) atoms. The first-order valence-corrected chi connectivity index (χ1v) is 4.32. The second kappa shape index (κ2) is 3.27. The van der Waals surface area contributed by atoms with Crippen molar-refractivity contribution in [1.82, 2.24) is 30.8 Å². The number of hydrogen-bond acceptors (Lipinski definition) is 5. The third-order valence-electron chi connectivity index (χ3n) is 1.53. The summed E-state index contributed by atoms with van der Waals surface area (Å²) in [5, 5.41) is 17.1. The van der Waals surface area contributed by atoms with Crippen LogP contribution in [0, 0.1) is 9.28 Å². The van der Waals surface area contributed by atoms with E-state index in [1.807, 2.05) is 0 Å². The van der Waals surface area contributed by atoms with Crippen LogP contribution in [0.1, 0.15) is 16.2 Å². The average Bonchev–Trinajstić information content (AvgIpc) is 2.73. The van der Waals surface area contributed by atoms with Crippen LogP contribution in [-0.4, -0.2) is 36.6 Å². The number of aromatic amines is 4. The molecule has 0 atom stereocenters. The van der Waals surface area contributed by atoms with Gasteiger partial charge in [0.2, 0.25) is 5.78 Å². The summed E-state index contributed by atoms with van der Waals surface area (Å²) in [7, 11) is 0. The van der Waals surface area contributed by atoms with Gasteiger partial charge in [0.05, 0.1) is 0 Å². The summed E-state index contributed by atoms with van der Waals surface area (Å²) in [5.74, 6) is -0.421. The van der Waals surface area contributed by atoms with Gasteiger partial charge in [0, 0.05) is 0 Å². The van der Waals surface area contributed by atoms with Gasteiger partial charge in [-0.15, -0.1) is 0 Å². The van der Waals surface area contributed by atoms with E-state index in [-0.39, 0.29) is 20.7 Å². The maximum atomic E-state index is 11.7. The smallest absolute Gasteiger partial charge is 0.239 e. The first-order valence-electron chi connectivity index (χ1n) is 3.51. The fraction of sp³-hybridized carbons (Fsp3) is 0. The standard InChI is InChI=1S/C5H4N6OS2/c12-3(1-4(13)8-10-6-1)2-5(14)9-11-7-2/h(H2,6,8,10,13)(H2,7,9,11,14). The summed E-state index contributed by atoms with van der Waals surface area (Å²) >= 11 is 9.65. The van der Waals surface area contributed by atoms with Crippen molar-refractivity contribution in [1.29, 1.82) is 0 Å². The highest BCUT2D eigenvalue weighted by atomic mass is 32.1. The molecule has 2 rings (SSSR count). The van der Waals surface area contributed by atoms with Crippen molar-refractivity contribution < 1.29 is 4.79 Å². The van der Waals surface area contributed by atoms with Crippen molar-refractivity contribution >= 4 is 30.2 Å². The molecule has 9 heteroatoms. The molecule has 0 aliphatic carbocycles. The molecule has 72 valence electrons. The molecule has 2 heterocycles. The summed E-state index contributed by atoms with van der Waals surface area (Å²) in [6.45, 7) is 0. The van der Waals surface area contributed by atoms with E-state index < -0.39 is 5.78 Å². The fourth-order valence-electron chi connectivity index (χ4n) is 0.909. The molecule has 0 spiro atoms. The normalized spacial score (nSPS) is 10.3. The second-order valence-corrected chi connectivity index (χ2v) is 3.20. The Bertz CT molecular complexity index is 523. The van der Waals surface area contributed by atoms with Gasteiger partial charge in [-0.05, 0) is 0 Å². The molecule has 0 saturated heterocycles. The Hall–Kier alpha value is -1.61. The minimum atomic E-state index is -0.421. The number of hydrogen-bond donors (Lipinski definition) is 4. The van der Waals surface area contributed by atoms with Crippen molar-refractivity contribution in [2.24, 2.45) is 0 Å². The molecule has 0 aliphatic rings. The van der Waals surface area contributed by atoms with E-state index in [1.54, 1.807) is 0 Å². The number of nitrogens with one attached hydrogen (secondary N) is 4. The molecular formula is C5H4N6OS2. The van der Waals surface area contributed by atoms with Crippen LogP contribution >= 0.6 is 24.4 Å². The van der Waals surface area contributed by atoms with E-state index in [0.717, 1.165) is 0 Å². The lowest BCUT2D eigenvalue weighted by Crippen LogP contribution is -2.04. The molecule has 7 nitrogen and oxygen atoms in total. The Morgan fingerprint density at radius 3 is 1.71 bits per heavy atom. The van der Waals surface area contributed by atoms with Gasteiger partial charge in [-0.2, -0.15) is 10.2 Å². The van der Waals surface area contributed by atoms with Crippen molar-refractivity contribution in [3.05, 3.63) is 20.7 Å². The van der Waals surface area contributed by atoms with Gasteiger partial charge in [-0.3, -0.25) is 15.0 Å². The third kappa shape index (κ3) is 1.32. The van der Waals surface area contributed by atoms with Crippen LogP contribution in [-0.2, 0) is 0 Å². The Labute approximate surface area is 86.9 Å². The van der Waals surface area contributed by atoms with Crippen LogP contribution < -0.4 is 0 Å². The topological polar surface area (TPSA) is 106 Å². The van der Waals surface area contributed by atoms with E-state index in [0.29, 0.717) is 0 Å². The quantitative estimate of drug-likeness (QED) is 0.442. The Kier molecular flexibility index (Phi) is 2.09. The molecule has 0 radical (unpaired) electrons. The van der Waals surface area contributed by atoms with Crippen LogP contribution in [0.5, 0.6) is 0 Å². The predicted octanol–water partition coefficient (Wildman–Crippen LogP) is 0.479. The lowest BCUT2D eigenvalue weighted by molar-refractivity contribution is 0.102. The minimum absolute atomic E-state index is 0.103. The van der Waals surface area contributed by atoms with Crippen LogP contribution in [0.15, 0.2) is 0 Å². The van der Waals surface area contributed by atoms with E-state index in [1.165, 1.54) is 0 Å². The van der Waals surface area contributed by atoms with Crippen LogP contribution in [0.25, 0.3) is 0 Å². The van der Waals surface area contributed by atoms with Gasteiger partial charge >= 0.3 is 0 Å². The maximum Gasteiger partial charge on any atom is 0.239 e. The Morgan fingerprint density at radius 1 is 1.00 bits per heavy atom. The van der Waals surface area contributed by atoms with Gasteiger partial charge in [-0.25, -0.2) is 10.4 Å². The molecule has 0 aliphatic heterocycles. The van der Waals surface area contributed by atoms with Gasteiger partial charge < -0.3 is 0 Å². The zero-order valence-electron chi connectivity index (χ0n) is 6.62. The lowest BCUT2D eigenvalue weighted by Gasteiger charge is -1.86. The van der Waals surface area contributed by atoms with E-state index in [9.17, 15) is 4.79 Å². The number of carbonyl (C=O) groups excluding carboxylic acids is 1. The molecule has 0 amide bonds. The van der Waals surface area contributed by atoms with Crippen LogP contribution in [0.3, 0.4) is 0 Å². The summed E-state index contributed by atoms with van der Waals surface area (Å²) in [6.07, 6.45) is 0. The molecule has 0 unspecified atom stereocenters. The maximum absolute atomic E-state index is 11.7. The van der Waals surface area contributed by atoms with Crippen molar-refractivity contribution in [3.8, 4) is 0 Å². The summed E-state index contributed by atoms with van der Waals surface area (Å²) in [5.41, 5.74) is 0.207. The SMILES string of the molecule is O=C(c1n[nH][nH]c1=S)c1n[nH][nH]c1=S. The molecule has 2 aromatic heterocycles. The number of nitrogens with zero attached hydrogens (tertiary/aromatic N) is 2. The van der Waals surface area contributed by atoms with Crippen molar-refractivity contribution in [3.63, 3.8) is 0 Å². The first-order chi connectivity index (χ1) is 6.70. The average molecular weight is 228 g/mol. The molecule has 0 saturated carbocycles. The monoisotopic (exact) mass is 228 g/mol. The molecule has 4 N–H and O–H groups in total. The number of aromatic nitrogens is 6. The third-order valence-corrected chi connectivity index (χ3v) is 2.13. The van der Waals surface area contributed by atoms with Gasteiger partial charge in [0.15, 0.2) is 20.7 Å². The minimum Gasteiger partial charge on any atom is -0.285 e. The molecule has 0 aromatic carbocycles. The first kappa shape index (κ1) is 8.97. The van der Waals surface area contributed by atoms with Crippen LogP contribution in [0.4, 0.5) is 0 Å². The second-order valence-electron chi connectivity index (χ2n) is 2.38. The van der Waals surface area contributed by atoms with Crippen molar-refractivity contribution in [2.75, 3.05) is 0 Å². The van der Waals surface area contributed by atoms with Gasteiger partial charge in [0.1, 0.15) is 0 Å². The Balaban J connectivity index is 2.54. The summed E-state index contributed by atoms with van der Waals surface area (Å²) in [6, 6.07) is 0. The highest BCUT2D eigenvalue weighted by Gasteiger charge is 2.17. The van der Waals surface area contributed by atoms with Gasteiger partial charge in [0.25, 0.3) is 0 Å². The van der Waals surface area contributed by atoms with E-state index in [2.05, 4.69) is 30.8 Å². The van der Waals surface area contributed by atoms with Gasteiger partial charge in [-0.1, -0.05) is 24.4 Å². The number of ketones is 1. The summed E-state index contributed by atoms with van der Waals surface area (Å²) in [4.78, 5) is 11.7. The highest BCUT2D eigenvalue weighted by Crippen LogP contribution is 2.04. The predicted molar refractivity (Wildman–Crippen MR) is 51.0 cm³/mol. The van der Waals surface area contributed by atoms with E-state index in [4.69, 9.17) is 24.4 Å². The Morgan fingerprint density at radius 2 is 1.43 bits per heavy atom. The lowest BCUT2D eigenvalue weighted by atomic mass is 10.2. The summed E-state index contributed by atoms with van der Waals surface area (Å²) < 4.78 is 0.458. The van der Waals surface area contributed by atoms with Crippen molar-refractivity contribution in [2.45, 2.75) is 0 Å². The van der Waals surface area contributed by atoms with E-state index >= 15 is 0 Å². The highest BCUT2D eigenvalue weighted by molar-refractivity contribution is 7.71. The molecular weight excluding hydrogens is 224 g/mol. The fourth-order valence-corrected chi connectivity index (χ4v) is 1.28. The van der Waals surface area contributed by atoms with Crippen LogP contribution in [0.2, 0.25) is 0 Å². The number of rotatable bonds is 2. The largest absolute Gasteiger partial charge is 0.285 e. The zero-order chi connectivity index (χ0) is 10.1.